The fraction of sp³-hybridized carbons (Fsp3) is 0.667. The molecular weight excluding hydrogens is 140 g/mol. The van der Waals surface area contributed by atoms with Crippen LogP contribution in [0.2, 0.25) is 0 Å². The lowest BCUT2D eigenvalue weighted by molar-refractivity contribution is -0.104. The lowest BCUT2D eigenvalue weighted by atomic mass is 10.0. The number of hydrogen-bond acceptors (Lipinski definition) is 2. The predicted molar refractivity (Wildman–Crippen MR) is 45.3 cm³/mol. The molecule has 0 aliphatic rings. The topological polar surface area (TPSA) is 37.3 Å². The molecule has 11 heavy (non-hydrogen) atoms. The molecule has 0 saturated heterocycles. The third-order valence-corrected chi connectivity index (χ3v) is 1.83. The van der Waals surface area contributed by atoms with Crippen molar-refractivity contribution in [2.45, 2.75) is 32.8 Å². The third kappa shape index (κ3) is 5.80. The number of aldehydes is 1. The number of aliphatic hydroxyl groups excluding tert-OH is 1. The maximum absolute atomic E-state index is 9.85. The Morgan fingerprint density at radius 2 is 2.09 bits per heavy atom. The van der Waals surface area contributed by atoms with Gasteiger partial charge in [0.15, 0.2) is 0 Å². The van der Waals surface area contributed by atoms with Gasteiger partial charge in [0.2, 0.25) is 0 Å². The molecule has 0 bridgehead atoms. The van der Waals surface area contributed by atoms with Gasteiger partial charge in [0.25, 0.3) is 0 Å². The van der Waals surface area contributed by atoms with E-state index >= 15 is 0 Å². The highest BCUT2D eigenvalue weighted by molar-refractivity contribution is 5.64. The van der Waals surface area contributed by atoms with E-state index in [-0.39, 0.29) is 6.10 Å². The van der Waals surface area contributed by atoms with Crippen LogP contribution in [-0.2, 0) is 4.79 Å². The van der Waals surface area contributed by atoms with Crippen LogP contribution in [0.5, 0.6) is 0 Å². The fourth-order valence-corrected chi connectivity index (χ4v) is 0.752. The summed E-state index contributed by atoms with van der Waals surface area (Å²) in [6, 6.07) is 0. The summed E-state index contributed by atoms with van der Waals surface area (Å²) in [6.45, 7) is 3.79. The van der Waals surface area contributed by atoms with E-state index in [4.69, 9.17) is 5.11 Å². The summed E-state index contributed by atoms with van der Waals surface area (Å²) in [6.07, 6.45) is 5.64. The Kier molecular flexibility index (Phi) is 5.75. The standard InChI is InChI=1S/C9H16O2/c1-8(9(2)11)6-4-3-5-7-10/h3,5,7-9,11H,4,6H2,1-2H3/b5-3+/t8?,9-/m0/s1. The van der Waals surface area contributed by atoms with E-state index in [2.05, 4.69) is 0 Å². The van der Waals surface area contributed by atoms with Crippen LogP contribution >= 0.6 is 0 Å². The minimum atomic E-state index is -0.250. The number of hydrogen-bond donors (Lipinski definition) is 1. The molecule has 64 valence electrons. The Morgan fingerprint density at radius 3 is 2.55 bits per heavy atom. The minimum absolute atomic E-state index is 0.250. The Balaban J connectivity index is 3.38. The molecular formula is C9H16O2. The SMILES string of the molecule is CC(CC/C=C/C=O)[C@H](C)O. The van der Waals surface area contributed by atoms with Crippen LogP contribution in [-0.4, -0.2) is 17.5 Å². The first-order valence-corrected chi connectivity index (χ1v) is 3.97. The number of carbonyl (C=O) groups is 1. The van der Waals surface area contributed by atoms with Crippen LogP contribution in [0.4, 0.5) is 0 Å². The van der Waals surface area contributed by atoms with Crippen molar-refractivity contribution in [3.63, 3.8) is 0 Å². The van der Waals surface area contributed by atoms with Crippen molar-refractivity contribution >= 4 is 6.29 Å². The summed E-state index contributed by atoms with van der Waals surface area (Å²) in [5.74, 6) is 0.311. The summed E-state index contributed by atoms with van der Waals surface area (Å²) in [5, 5.41) is 9.08. The van der Waals surface area contributed by atoms with Crippen LogP contribution in [0.15, 0.2) is 12.2 Å². The normalized spacial score (nSPS) is 16.6. The predicted octanol–water partition coefficient (Wildman–Crippen LogP) is 1.54. The van der Waals surface area contributed by atoms with Crippen LogP contribution < -0.4 is 0 Å². The Labute approximate surface area is 67.9 Å². The Morgan fingerprint density at radius 1 is 1.45 bits per heavy atom. The molecule has 0 radical (unpaired) electrons. The van der Waals surface area contributed by atoms with E-state index in [0.717, 1.165) is 19.1 Å². The molecule has 0 aliphatic heterocycles. The molecule has 0 aliphatic carbocycles. The number of carbonyl (C=O) groups excluding carboxylic acids is 1. The van der Waals surface area contributed by atoms with Gasteiger partial charge in [-0.15, -0.1) is 0 Å². The second kappa shape index (κ2) is 6.10. The molecule has 0 aromatic rings. The van der Waals surface area contributed by atoms with E-state index in [1.807, 2.05) is 13.0 Å². The van der Waals surface area contributed by atoms with Gasteiger partial charge in [-0.05, 0) is 31.8 Å². The zero-order valence-corrected chi connectivity index (χ0v) is 7.16. The molecule has 0 amide bonds. The minimum Gasteiger partial charge on any atom is -0.393 e. The Hall–Kier alpha value is -0.630. The van der Waals surface area contributed by atoms with Gasteiger partial charge in [0.05, 0.1) is 6.10 Å². The highest BCUT2D eigenvalue weighted by Gasteiger charge is 2.06. The summed E-state index contributed by atoms with van der Waals surface area (Å²) >= 11 is 0. The van der Waals surface area contributed by atoms with Gasteiger partial charge in [0.1, 0.15) is 6.29 Å². The molecule has 0 heterocycles. The summed E-state index contributed by atoms with van der Waals surface area (Å²) in [5.41, 5.74) is 0. The van der Waals surface area contributed by atoms with Crippen LogP contribution in [0.25, 0.3) is 0 Å². The largest absolute Gasteiger partial charge is 0.393 e. The molecule has 2 heteroatoms. The number of aliphatic hydroxyl groups is 1. The molecule has 2 nitrogen and oxygen atoms in total. The fourth-order valence-electron chi connectivity index (χ4n) is 0.752. The molecule has 0 fully saturated rings. The van der Waals surface area contributed by atoms with Crippen LogP contribution in [0, 0.1) is 5.92 Å². The average Bonchev–Trinajstić information content (AvgIpc) is 1.97. The van der Waals surface area contributed by atoms with E-state index < -0.39 is 0 Å². The monoisotopic (exact) mass is 156 g/mol. The van der Waals surface area contributed by atoms with Gasteiger partial charge in [-0.3, -0.25) is 4.79 Å². The summed E-state index contributed by atoms with van der Waals surface area (Å²) < 4.78 is 0. The zero-order chi connectivity index (χ0) is 8.69. The van der Waals surface area contributed by atoms with E-state index in [0.29, 0.717) is 5.92 Å². The molecule has 0 aromatic carbocycles. The smallest absolute Gasteiger partial charge is 0.142 e. The second-order valence-electron chi connectivity index (χ2n) is 2.86. The number of rotatable bonds is 5. The van der Waals surface area contributed by atoms with Crippen molar-refractivity contribution in [1.82, 2.24) is 0 Å². The van der Waals surface area contributed by atoms with Crippen LogP contribution in [0.1, 0.15) is 26.7 Å². The molecule has 2 atom stereocenters. The quantitative estimate of drug-likeness (QED) is 0.484. The average molecular weight is 156 g/mol. The van der Waals surface area contributed by atoms with Crippen molar-refractivity contribution in [1.29, 1.82) is 0 Å². The molecule has 0 rings (SSSR count). The lowest BCUT2D eigenvalue weighted by Crippen LogP contribution is -2.12. The van der Waals surface area contributed by atoms with Gasteiger partial charge in [-0.2, -0.15) is 0 Å². The Bertz CT molecular complexity index is 128. The van der Waals surface area contributed by atoms with Gasteiger partial charge >= 0.3 is 0 Å². The number of allylic oxidation sites excluding steroid dienone is 2. The summed E-state index contributed by atoms with van der Waals surface area (Å²) in [7, 11) is 0. The first-order valence-electron chi connectivity index (χ1n) is 3.97. The van der Waals surface area contributed by atoms with Gasteiger partial charge in [-0.25, -0.2) is 0 Å². The van der Waals surface area contributed by atoms with Gasteiger partial charge in [0, 0.05) is 0 Å². The van der Waals surface area contributed by atoms with Crippen molar-refractivity contribution in [2.75, 3.05) is 0 Å². The van der Waals surface area contributed by atoms with Crippen LogP contribution in [0.3, 0.4) is 0 Å². The zero-order valence-electron chi connectivity index (χ0n) is 7.16. The highest BCUT2D eigenvalue weighted by atomic mass is 16.3. The molecule has 0 spiro atoms. The van der Waals surface area contributed by atoms with E-state index in [1.54, 1.807) is 6.92 Å². The lowest BCUT2D eigenvalue weighted by Gasteiger charge is -2.12. The highest BCUT2D eigenvalue weighted by Crippen LogP contribution is 2.09. The summed E-state index contributed by atoms with van der Waals surface area (Å²) in [4.78, 5) is 9.85. The van der Waals surface area contributed by atoms with Gasteiger partial charge in [-0.1, -0.05) is 13.0 Å². The van der Waals surface area contributed by atoms with E-state index in [9.17, 15) is 4.79 Å². The maximum Gasteiger partial charge on any atom is 0.142 e. The first kappa shape index (κ1) is 10.4. The molecule has 0 saturated carbocycles. The molecule has 1 N–H and O–H groups in total. The van der Waals surface area contributed by atoms with Crippen molar-refractivity contribution < 1.29 is 9.90 Å². The first-order chi connectivity index (χ1) is 5.18. The molecule has 1 unspecified atom stereocenters. The van der Waals surface area contributed by atoms with Crippen molar-refractivity contribution in [3.8, 4) is 0 Å². The maximum atomic E-state index is 9.85. The molecule has 0 aromatic heterocycles. The third-order valence-electron chi connectivity index (χ3n) is 1.83. The van der Waals surface area contributed by atoms with Crippen molar-refractivity contribution in [2.24, 2.45) is 5.92 Å². The van der Waals surface area contributed by atoms with Gasteiger partial charge < -0.3 is 5.11 Å². The van der Waals surface area contributed by atoms with E-state index in [1.165, 1.54) is 6.08 Å². The second-order valence-corrected chi connectivity index (χ2v) is 2.86. The van der Waals surface area contributed by atoms with Crippen molar-refractivity contribution in [3.05, 3.63) is 12.2 Å².